The Morgan fingerprint density at radius 3 is 2.41 bits per heavy atom. The predicted octanol–water partition coefficient (Wildman–Crippen LogP) is 4.80. The van der Waals surface area contributed by atoms with Gasteiger partial charge in [0, 0.05) is 18.7 Å². The van der Waals surface area contributed by atoms with Gasteiger partial charge < -0.3 is 4.90 Å². The molecule has 1 fully saturated rings. The average Bonchev–Trinajstić information content (AvgIpc) is 2.64. The van der Waals surface area contributed by atoms with Crippen LogP contribution in [-0.2, 0) is 16.0 Å². The minimum absolute atomic E-state index is 0.0122. The molecule has 4 heteroatoms. The van der Waals surface area contributed by atoms with Crippen molar-refractivity contribution >= 4 is 17.4 Å². The Morgan fingerprint density at radius 1 is 1.11 bits per heavy atom. The van der Waals surface area contributed by atoms with Gasteiger partial charge in [-0.2, -0.15) is 0 Å². The lowest BCUT2D eigenvalue weighted by molar-refractivity contribution is -0.143. The molecule has 1 aliphatic rings. The summed E-state index contributed by atoms with van der Waals surface area (Å²) in [5.41, 5.74) is 0.595. The number of carbonyl (C=O) groups excluding carboxylic acids is 2. The van der Waals surface area contributed by atoms with Gasteiger partial charge in [0.25, 0.3) is 0 Å². The smallest absolute Gasteiger partial charge is 0.241 e. The van der Waals surface area contributed by atoms with E-state index in [1.165, 1.54) is 12.1 Å². The monoisotopic (exact) mass is 367 g/mol. The highest BCUT2D eigenvalue weighted by molar-refractivity contribution is 6.13. The van der Waals surface area contributed by atoms with Gasteiger partial charge in [0.15, 0.2) is 0 Å². The molecule has 0 bridgehead atoms. The molecule has 3 rings (SSSR count). The van der Waals surface area contributed by atoms with Crippen molar-refractivity contribution in [2.75, 3.05) is 11.4 Å². The van der Waals surface area contributed by atoms with E-state index in [0.717, 1.165) is 12.0 Å². The van der Waals surface area contributed by atoms with E-state index in [9.17, 15) is 14.0 Å². The summed E-state index contributed by atoms with van der Waals surface area (Å²) in [6, 6.07) is 15.7. The molecular weight excluding hydrogens is 341 g/mol. The summed E-state index contributed by atoms with van der Waals surface area (Å²) >= 11 is 0. The second kappa shape index (κ2) is 8.03. The molecule has 1 heterocycles. The third-order valence-corrected chi connectivity index (χ3v) is 5.25. The number of hydrogen-bond donors (Lipinski definition) is 0. The zero-order valence-corrected chi connectivity index (χ0v) is 16.0. The molecule has 1 amide bonds. The second-order valence-electron chi connectivity index (χ2n) is 7.80. The summed E-state index contributed by atoms with van der Waals surface area (Å²) in [4.78, 5) is 28.5. The summed E-state index contributed by atoms with van der Waals surface area (Å²) in [6.45, 7) is 4.55. The van der Waals surface area contributed by atoms with Crippen LogP contribution in [0.4, 0.5) is 10.1 Å². The Hall–Kier alpha value is -2.49. The van der Waals surface area contributed by atoms with Crippen molar-refractivity contribution in [1.82, 2.24) is 0 Å². The van der Waals surface area contributed by atoms with E-state index in [-0.39, 0.29) is 23.4 Å². The molecule has 0 radical (unpaired) electrons. The molecule has 0 aliphatic carbocycles. The number of halogens is 1. The molecule has 1 saturated heterocycles. The highest BCUT2D eigenvalue weighted by Crippen LogP contribution is 2.39. The van der Waals surface area contributed by atoms with Crippen molar-refractivity contribution in [3.8, 4) is 0 Å². The van der Waals surface area contributed by atoms with E-state index >= 15 is 0 Å². The maximum atomic E-state index is 13.6. The fraction of sp³-hybridized carbons (Fsp3) is 0.391. The lowest BCUT2D eigenvalue weighted by Gasteiger charge is -2.41. The highest BCUT2D eigenvalue weighted by atomic mass is 19.1. The summed E-state index contributed by atoms with van der Waals surface area (Å²) < 4.78 is 13.3. The van der Waals surface area contributed by atoms with Gasteiger partial charge in [-0.3, -0.25) is 9.59 Å². The van der Waals surface area contributed by atoms with E-state index in [1.807, 2.05) is 44.2 Å². The summed E-state index contributed by atoms with van der Waals surface area (Å²) in [6.07, 6.45) is 2.11. The maximum Gasteiger partial charge on any atom is 0.241 e. The van der Waals surface area contributed by atoms with Gasteiger partial charge in [0.2, 0.25) is 5.91 Å². The van der Waals surface area contributed by atoms with Gasteiger partial charge >= 0.3 is 0 Å². The SMILES string of the molecule is CC(C)CC(=O)[C@@]1(Cc2ccccc2)CCCN(c2ccc(F)cc2)C1=O. The first-order valence-electron chi connectivity index (χ1n) is 9.57. The van der Waals surface area contributed by atoms with Crippen LogP contribution in [0.5, 0.6) is 0 Å². The first-order valence-corrected chi connectivity index (χ1v) is 9.57. The molecule has 27 heavy (non-hydrogen) atoms. The van der Waals surface area contributed by atoms with Gasteiger partial charge in [-0.1, -0.05) is 44.2 Å². The van der Waals surface area contributed by atoms with E-state index in [1.54, 1.807) is 17.0 Å². The molecule has 2 aromatic carbocycles. The number of anilines is 1. The topological polar surface area (TPSA) is 37.4 Å². The quantitative estimate of drug-likeness (QED) is 0.688. The van der Waals surface area contributed by atoms with Crippen LogP contribution in [0.25, 0.3) is 0 Å². The van der Waals surface area contributed by atoms with Crippen molar-refractivity contribution in [2.45, 2.75) is 39.5 Å². The third kappa shape index (κ3) is 4.10. The molecule has 2 aromatic rings. The molecule has 0 spiro atoms. The number of nitrogens with zero attached hydrogens (tertiary/aromatic N) is 1. The zero-order valence-electron chi connectivity index (χ0n) is 16.0. The first-order chi connectivity index (χ1) is 12.9. The summed E-state index contributed by atoms with van der Waals surface area (Å²) in [5, 5.41) is 0. The number of Topliss-reactive ketones (excluding diaryl/α,β-unsaturated/α-hetero) is 1. The van der Waals surface area contributed by atoms with Gasteiger partial charge in [0.05, 0.1) is 0 Å². The summed E-state index contributed by atoms with van der Waals surface area (Å²) in [5.74, 6) is -0.290. The fourth-order valence-electron chi connectivity index (χ4n) is 3.90. The van der Waals surface area contributed by atoms with Crippen LogP contribution >= 0.6 is 0 Å². The lowest BCUT2D eigenvalue weighted by atomic mass is 9.69. The number of rotatable bonds is 6. The van der Waals surface area contributed by atoms with Crippen LogP contribution in [0.3, 0.4) is 0 Å². The molecule has 1 atom stereocenters. The highest BCUT2D eigenvalue weighted by Gasteiger charge is 2.49. The second-order valence-corrected chi connectivity index (χ2v) is 7.80. The molecular formula is C23H26FNO2. The average molecular weight is 367 g/mol. The number of hydrogen-bond acceptors (Lipinski definition) is 2. The van der Waals surface area contributed by atoms with Crippen LogP contribution in [0.1, 0.15) is 38.7 Å². The van der Waals surface area contributed by atoms with Crippen molar-refractivity contribution < 1.29 is 14.0 Å². The van der Waals surface area contributed by atoms with Gasteiger partial charge in [0.1, 0.15) is 17.0 Å². The Balaban J connectivity index is 1.98. The Morgan fingerprint density at radius 2 is 1.78 bits per heavy atom. The number of benzene rings is 2. The Labute approximate surface area is 160 Å². The van der Waals surface area contributed by atoms with Gasteiger partial charge in [-0.15, -0.1) is 0 Å². The maximum absolute atomic E-state index is 13.6. The molecule has 0 N–H and O–H groups in total. The third-order valence-electron chi connectivity index (χ3n) is 5.25. The van der Waals surface area contributed by atoms with Crippen molar-refractivity contribution in [1.29, 1.82) is 0 Å². The number of ketones is 1. The molecule has 0 saturated carbocycles. The molecule has 0 aromatic heterocycles. The van der Waals surface area contributed by atoms with Gasteiger partial charge in [-0.05, 0) is 55.0 Å². The standard InChI is InChI=1S/C23H26FNO2/c1-17(2)15-21(26)23(16-18-7-4-3-5-8-18)13-6-14-25(22(23)27)20-11-9-19(24)10-12-20/h3-5,7-12,17H,6,13-16H2,1-2H3/t23-/m0/s1. The van der Waals surface area contributed by atoms with Crippen molar-refractivity contribution in [2.24, 2.45) is 11.3 Å². The van der Waals surface area contributed by atoms with Crippen molar-refractivity contribution in [3.63, 3.8) is 0 Å². The van der Waals surface area contributed by atoms with Crippen LogP contribution in [0.2, 0.25) is 0 Å². The van der Waals surface area contributed by atoms with Crippen LogP contribution in [-0.4, -0.2) is 18.2 Å². The number of amides is 1. The van der Waals surface area contributed by atoms with E-state index in [2.05, 4.69) is 0 Å². The van der Waals surface area contributed by atoms with E-state index in [4.69, 9.17) is 0 Å². The molecule has 3 nitrogen and oxygen atoms in total. The largest absolute Gasteiger partial charge is 0.312 e. The summed E-state index contributed by atoms with van der Waals surface area (Å²) in [7, 11) is 0. The lowest BCUT2D eigenvalue weighted by Crippen LogP contribution is -2.54. The van der Waals surface area contributed by atoms with E-state index in [0.29, 0.717) is 31.5 Å². The molecule has 1 aliphatic heterocycles. The molecule has 142 valence electrons. The minimum Gasteiger partial charge on any atom is -0.312 e. The zero-order chi connectivity index (χ0) is 19.4. The van der Waals surface area contributed by atoms with Crippen molar-refractivity contribution in [3.05, 3.63) is 66.0 Å². The first kappa shape index (κ1) is 19.3. The predicted molar refractivity (Wildman–Crippen MR) is 105 cm³/mol. The van der Waals surface area contributed by atoms with Crippen LogP contribution < -0.4 is 4.90 Å². The van der Waals surface area contributed by atoms with Crippen LogP contribution in [0.15, 0.2) is 54.6 Å². The molecule has 0 unspecified atom stereocenters. The Kier molecular flexibility index (Phi) is 5.73. The van der Waals surface area contributed by atoms with Crippen LogP contribution in [0, 0.1) is 17.2 Å². The van der Waals surface area contributed by atoms with E-state index < -0.39 is 5.41 Å². The normalized spacial score (nSPS) is 20.1. The minimum atomic E-state index is -1.04. The Bertz CT molecular complexity index is 801. The van der Waals surface area contributed by atoms with Gasteiger partial charge in [-0.25, -0.2) is 4.39 Å². The number of carbonyl (C=O) groups is 2. The fourth-order valence-corrected chi connectivity index (χ4v) is 3.90. The number of piperidine rings is 1.